The molecule has 0 saturated carbocycles. The predicted octanol–water partition coefficient (Wildman–Crippen LogP) is 4.56. The Hall–Kier alpha value is -4.17. The number of hydrogen-bond donors (Lipinski definition) is 0. The molecule has 3 aromatic carbocycles. The monoisotopic (exact) mass is 493 g/mol. The topological polar surface area (TPSA) is 114 Å². The molecule has 2 aliphatic carbocycles. The molecular formula is C26H22ClN2O6-. The van der Waals surface area contributed by atoms with Crippen molar-refractivity contribution in [1.29, 1.82) is 0 Å². The second-order valence-corrected chi connectivity index (χ2v) is 8.17. The molecule has 0 radical (unpaired) electrons. The quantitative estimate of drug-likeness (QED) is 0.269. The first-order valence-corrected chi connectivity index (χ1v) is 10.9. The molecular weight excluding hydrogens is 472 g/mol. The zero-order valence-electron chi connectivity index (χ0n) is 19.3. The lowest BCUT2D eigenvalue weighted by Gasteiger charge is -2.11. The van der Waals surface area contributed by atoms with E-state index in [0.29, 0.717) is 11.3 Å². The number of carboxylic acids is 1. The van der Waals surface area contributed by atoms with E-state index in [4.69, 9.17) is 26.2 Å². The van der Waals surface area contributed by atoms with Gasteiger partial charge >= 0.3 is 0 Å². The number of benzene rings is 3. The summed E-state index contributed by atoms with van der Waals surface area (Å²) in [6, 6.07) is 19.9. The van der Waals surface area contributed by atoms with Crippen LogP contribution in [0.3, 0.4) is 0 Å². The Bertz CT molecular complexity index is 1400. The number of aliphatic carboxylic acids is 1. The van der Waals surface area contributed by atoms with Crippen LogP contribution in [0.5, 0.6) is 5.75 Å². The van der Waals surface area contributed by atoms with Crippen molar-refractivity contribution in [2.45, 2.75) is 20.3 Å². The van der Waals surface area contributed by atoms with Crippen molar-refractivity contribution in [3.8, 4) is 5.75 Å². The van der Waals surface area contributed by atoms with Crippen molar-refractivity contribution in [2.75, 3.05) is 7.11 Å². The lowest BCUT2D eigenvalue weighted by molar-refractivity contribution is -0.384. The van der Waals surface area contributed by atoms with Crippen LogP contribution in [-0.2, 0) is 11.2 Å². The van der Waals surface area contributed by atoms with E-state index in [1.54, 1.807) is 26.2 Å². The fourth-order valence-corrected chi connectivity index (χ4v) is 3.78. The zero-order valence-corrected chi connectivity index (χ0v) is 20.0. The molecule has 0 fully saturated rings. The van der Waals surface area contributed by atoms with Gasteiger partial charge in [0.1, 0.15) is 10.8 Å². The molecule has 0 saturated heterocycles. The predicted molar refractivity (Wildman–Crippen MR) is 131 cm³/mol. The van der Waals surface area contributed by atoms with Gasteiger partial charge in [0.2, 0.25) is 0 Å². The van der Waals surface area contributed by atoms with Gasteiger partial charge < -0.3 is 14.6 Å². The van der Waals surface area contributed by atoms with Crippen molar-refractivity contribution in [3.63, 3.8) is 0 Å². The Balaban J connectivity index is 0.000000254. The maximum Gasteiger partial charge on any atom is 0.288 e. The van der Waals surface area contributed by atoms with Crippen LogP contribution in [0, 0.1) is 17.0 Å². The molecule has 0 N–H and O–H groups in total. The number of fused-ring (bicyclic) bond motifs is 3. The summed E-state index contributed by atoms with van der Waals surface area (Å²) >= 11 is 5.81. The number of carbonyl (C=O) groups is 2. The second kappa shape index (κ2) is 10.8. The van der Waals surface area contributed by atoms with Gasteiger partial charge in [-0.15, -0.1) is 0 Å². The maximum absolute atomic E-state index is 12.8. The molecule has 0 aliphatic heterocycles. The third-order valence-electron chi connectivity index (χ3n) is 5.19. The van der Waals surface area contributed by atoms with Crippen molar-refractivity contribution >= 4 is 40.1 Å². The van der Waals surface area contributed by atoms with Crippen LogP contribution < -0.4 is 9.84 Å². The van der Waals surface area contributed by atoms with Crippen molar-refractivity contribution < 1.29 is 24.4 Å². The van der Waals surface area contributed by atoms with Crippen LogP contribution in [0.1, 0.15) is 34.1 Å². The highest BCUT2D eigenvalue weighted by atomic mass is 35.5. The maximum atomic E-state index is 12.8. The number of nitrogens with zero attached hydrogens (tertiary/aromatic N) is 2. The van der Waals surface area contributed by atoms with Crippen LogP contribution in [0.4, 0.5) is 5.69 Å². The van der Waals surface area contributed by atoms with Gasteiger partial charge in [0.25, 0.3) is 11.6 Å². The molecule has 0 spiro atoms. The number of carboxylic acid groups (broad SMARTS) is 1. The largest absolute Gasteiger partial charge is 0.550 e. The van der Waals surface area contributed by atoms with Gasteiger partial charge in [-0.25, -0.2) is 0 Å². The van der Waals surface area contributed by atoms with Gasteiger partial charge in [0.15, 0.2) is 0 Å². The Morgan fingerprint density at radius 1 is 1.03 bits per heavy atom. The summed E-state index contributed by atoms with van der Waals surface area (Å²) in [4.78, 5) is 32.2. The van der Waals surface area contributed by atoms with E-state index in [9.17, 15) is 14.9 Å². The SMILES string of the molecule is CC(=O)[O-].COc1ccc2c(c1)cc(C)n2C(=O)c1ccc(Cl)c([N+](=O)[O-])c1.c1cc2cc(c1)C2. The van der Waals surface area contributed by atoms with Crippen molar-refractivity contribution in [2.24, 2.45) is 0 Å². The van der Waals surface area contributed by atoms with Crippen LogP contribution in [0.2, 0.25) is 5.02 Å². The summed E-state index contributed by atoms with van der Waals surface area (Å²) in [7, 11) is 1.57. The fourth-order valence-electron chi connectivity index (χ4n) is 3.60. The number of aryl methyl sites for hydroxylation is 1. The Kier molecular flexibility index (Phi) is 7.88. The standard InChI is InChI=1S/C17H13ClN2O4.C7H6.C2H4O2/c1-10-7-12-8-13(24-2)4-6-15(12)19(10)17(21)11-3-5-14(18)16(9-11)20(22)23;1-2-6-4-7(3-1)5-6;1-2(3)4/h3-9H,1-2H3;1-4H,5H2;1H3,(H,3,4)/p-1. The van der Waals surface area contributed by atoms with Gasteiger partial charge in [-0.1, -0.05) is 35.9 Å². The van der Waals surface area contributed by atoms with Crippen molar-refractivity contribution in [3.05, 3.63) is 104 Å². The molecule has 1 aromatic heterocycles. The minimum Gasteiger partial charge on any atom is -0.550 e. The van der Waals surface area contributed by atoms with E-state index in [1.165, 1.54) is 40.3 Å². The summed E-state index contributed by atoms with van der Waals surface area (Å²) in [5, 5.41) is 20.8. The van der Waals surface area contributed by atoms with Crippen LogP contribution in [0.25, 0.3) is 10.9 Å². The first-order valence-electron chi connectivity index (χ1n) is 10.5. The number of aromatic nitrogens is 1. The summed E-state index contributed by atoms with van der Waals surface area (Å²) in [6.07, 6.45) is 1.22. The number of rotatable bonds is 3. The molecule has 8 nitrogen and oxygen atoms in total. The molecule has 1 heterocycles. The lowest BCUT2D eigenvalue weighted by atomic mass is 9.94. The van der Waals surface area contributed by atoms with E-state index in [2.05, 4.69) is 24.3 Å². The van der Waals surface area contributed by atoms with E-state index in [0.717, 1.165) is 18.0 Å². The van der Waals surface area contributed by atoms with E-state index < -0.39 is 10.9 Å². The minimum absolute atomic E-state index is 0.00428. The molecule has 0 unspecified atom stereocenters. The molecule has 0 atom stereocenters. The van der Waals surface area contributed by atoms with Crippen LogP contribution in [0.15, 0.2) is 66.7 Å². The average molecular weight is 494 g/mol. The number of halogens is 1. The normalized spacial score (nSPS) is 10.7. The van der Waals surface area contributed by atoms with Gasteiger partial charge in [-0.05, 0) is 67.8 Å². The molecule has 6 rings (SSSR count). The Morgan fingerprint density at radius 3 is 2.14 bits per heavy atom. The number of nitro benzene ring substituents is 1. The Morgan fingerprint density at radius 2 is 1.66 bits per heavy atom. The third kappa shape index (κ3) is 6.04. The number of carbonyl (C=O) groups excluding carboxylic acids is 2. The van der Waals surface area contributed by atoms with E-state index in [-0.39, 0.29) is 22.2 Å². The Labute approximate surface area is 206 Å². The number of nitro groups is 1. The number of hydrogen-bond acceptors (Lipinski definition) is 6. The fraction of sp³-hybridized carbons (Fsp3) is 0.154. The lowest BCUT2D eigenvalue weighted by Crippen LogP contribution is -2.16. The van der Waals surface area contributed by atoms with Gasteiger partial charge in [0, 0.05) is 28.7 Å². The molecule has 0 amide bonds. The van der Waals surface area contributed by atoms with Crippen molar-refractivity contribution in [1.82, 2.24) is 4.57 Å². The molecule has 35 heavy (non-hydrogen) atoms. The van der Waals surface area contributed by atoms with Gasteiger partial charge in [-0.3, -0.25) is 19.5 Å². The van der Waals surface area contributed by atoms with Gasteiger partial charge in [-0.2, -0.15) is 0 Å². The average Bonchev–Trinajstić information content (AvgIpc) is 3.13. The van der Waals surface area contributed by atoms with Gasteiger partial charge in [0.05, 0.1) is 17.5 Å². The molecule has 2 aliphatic rings. The summed E-state index contributed by atoms with van der Waals surface area (Å²) < 4.78 is 6.70. The third-order valence-corrected chi connectivity index (χ3v) is 5.50. The molecule has 9 heteroatoms. The number of ether oxygens (including phenoxy) is 1. The van der Waals surface area contributed by atoms with E-state index >= 15 is 0 Å². The first kappa shape index (κ1) is 25.5. The second-order valence-electron chi connectivity index (χ2n) is 7.76. The van der Waals surface area contributed by atoms with E-state index in [1.807, 2.05) is 12.1 Å². The minimum atomic E-state index is -1.08. The summed E-state index contributed by atoms with van der Waals surface area (Å²) in [6.45, 7) is 2.77. The summed E-state index contributed by atoms with van der Waals surface area (Å²) in [5.41, 5.74) is 4.30. The smallest absolute Gasteiger partial charge is 0.288 e. The summed E-state index contributed by atoms with van der Waals surface area (Å²) in [5.74, 6) is -0.748. The highest BCUT2D eigenvalue weighted by Crippen LogP contribution is 2.28. The highest BCUT2D eigenvalue weighted by molar-refractivity contribution is 6.32. The zero-order chi connectivity index (χ0) is 25.7. The number of methoxy groups -OCH3 is 1. The van der Waals surface area contributed by atoms with Crippen LogP contribution >= 0.6 is 11.6 Å². The first-order chi connectivity index (χ1) is 16.6. The molecule has 2 bridgehead atoms. The van der Waals surface area contributed by atoms with Crippen LogP contribution in [-0.4, -0.2) is 28.5 Å². The molecule has 4 aromatic rings. The highest BCUT2D eigenvalue weighted by Gasteiger charge is 2.20. The molecule has 180 valence electrons.